The van der Waals surface area contributed by atoms with Crippen molar-refractivity contribution in [2.24, 2.45) is 5.92 Å². The van der Waals surface area contributed by atoms with E-state index in [1.165, 1.54) is 0 Å². The fourth-order valence-electron chi connectivity index (χ4n) is 2.03. The van der Waals surface area contributed by atoms with E-state index in [4.69, 9.17) is 0 Å². The van der Waals surface area contributed by atoms with Crippen molar-refractivity contribution in [2.75, 3.05) is 0 Å². The SMILES string of the molecule is CCCC(CCC)C(=O)NCc1ccccc1. The van der Waals surface area contributed by atoms with Crippen LogP contribution in [0.1, 0.15) is 45.1 Å². The Hall–Kier alpha value is -1.31. The summed E-state index contributed by atoms with van der Waals surface area (Å²) >= 11 is 0. The van der Waals surface area contributed by atoms with E-state index in [1.54, 1.807) is 0 Å². The Balaban J connectivity index is 2.41. The maximum atomic E-state index is 12.0. The van der Waals surface area contributed by atoms with E-state index in [-0.39, 0.29) is 11.8 Å². The third-order valence-corrected chi connectivity index (χ3v) is 2.95. The molecule has 0 saturated carbocycles. The highest BCUT2D eigenvalue weighted by Crippen LogP contribution is 2.13. The second kappa shape index (κ2) is 7.88. The second-order valence-corrected chi connectivity index (χ2v) is 4.48. The monoisotopic (exact) mass is 233 g/mol. The van der Waals surface area contributed by atoms with Gasteiger partial charge in [0.1, 0.15) is 0 Å². The third-order valence-electron chi connectivity index (χ3n) is 2.95. The molecule has 0 fully saturated rings. The summed E-state index contributed by atoms with van der Waals surface area (Å²) in [5.74, 6) is 0.395. The van der Waals surface area contributed by atoms with Crippen molar-refractivity contribution in [3.63, 3.8) is 0 Å². The molecule has 1 amide bonds. The summed E-state index contributed by atoms with van der Waals surface area (Å²) in [6.07, 6.45) is 4.13. The minimum atomic E-state index is 0.189. The van der Waals surface area contributed by atoms with Gasteiger partial charge in [0, 0.05) is 12.5 Å². The first-order valence-corrected chi connectivity index (χ1v) is 6.59. The minimum absolute atomic E-state index is 0.189. The van der Waals surface area contributed by atoms with Crippen LogP contribution in [0.2, 0.25) is 0 Å². The zero-order valence-electron chi connectivity index (χ0n) is 10.9. The number of rotatable bonds is 7. The van der Waals surface area contributed by atoms with Crippen LogP contribution in [0.4, 0.5) is 0 Å². The van der Waals surface area contributed by atoms with Gasteiger partial charge >= 0.3 is 0 Å². The van der Waals surface area contributed by atoms with Crippen molar-refractivity contribution >= 4 is 5.91 Å². The summed E-state index contributed by atoms with van der Waals surface area (Å²) in [5, 5.41) is 3.03. The molecule has 0 heterocycles. The Kier molecular flexibility index (Phi) is 6.38. The van der Waals surface area contributed by atoms with Gasteiger partial charge in [0.05, 0.1) is 0 Å². The molecular weight excluding hydrogens is 210 g/mol. The molecule has 0 radical (unpaired) electrons. The van der Waals surface area contributed by atoms with Crippen molar-refractivity contribution in [2.45, 2.75) is 46.1 Å². The van der Waals surface area contributed by atoms with Crippen LogP contribution in [0.5, 0.6) is 0 Å². The second-order valence-electron chi connectivity index (χ2n) is 4.48. The molecule has 0 aliphatic heterocycles. The number of carbonyl (C=O) groups excluding carboxylic acids is 1. The van der Waals surface area contributed by atoms with Gasteiger partial charge in [0.2, 0.25) is 5.91 Å². The number of hydrogen-bond donors (Lipinski definition) is 1. The van der Waals surface area contributed by atoms with Crippen molar-refractivity contribution in [1.82, 2.24) is 5.32 Å². The van der Waals surface area contributed by atoms with Crippen molar-refractivity contribution in [3.05, 3.63) is 35.9 Å². The summed E-state index contributed by atoms with van der Waals surface area (Å²) < 4.78 is 0. The number of amides is 1. The van der Waals surface area contributed by atoms with Gasteiger partial charge in [0.15, 0.2) is 0 Å². The summed E-state index contributed by atoms with van der Waals surface area (Å²) in [4.78, 5) is 12.0. The molecule has 1 aromatic rings. The molecule has 0 spiro atoms. The lowest BCUT2D eigenvalue weighted by Crippen LogP contribution is -2.30. The Bertz CT molecular complexity index is 315. The van der Waals surface area contributed by atoms with Crippen LogP contribution in [0.3, 0.4) is 0 Å². The van der Waals surface area contributed by atoms with Gasteiger partial charge in [-0.2, -0.15) is 0 Å². The van der Waals surface area contributed by atoms with Crippen LogP contribution in [0, 0.1) is 5.92 Å². The molecule has 1 rings (SSSR count). The maximum Gasteiger partial charge on any atom is 0.223 e. The molecule has 2 heteroatoms. The Morgan fingerprint density at radius 1 is 1.12 bits per heavy atom. The minimum Gasteiger partial charge on any atom is -0.352 e. The van der Waals surface area contributed by atoms with Crippen LogP contribution < -0.4 is 5.32 Å². The highest BCUT2D eigenvalue weighted by Gasteiger charge is 2.15. The zero-order valence-corrected chi connectivity index (χ0v) is 10.9. The highest BCUT2D eigenvalue weighted by atomic mass is 16.1. The average molecular weight is 233 g/mol. The number of benzene rings is 1. The number of nitrogens with one attached hydrogen (secondary N) is 1. The summed E-state index contributed by atoms with van der Waals surface area (Å²) in [6.45, 7) is 4.91. The standard InChI is InChI=1S/C15H23NO/c1-3-8-14(9-4-2)15(17)16-12-13-10-6-5-7-11-13/h5-7,10-11,14H,3-4,8-9,12H2,1-2H3,(H,16,17). The molecule has 0 aliphatic carbocycles. The normalized spacial score (nSPS) is 10.5. The van der Waals surface area contributed by atoms with E-state index in [1.807, 2.05) is 30.3 Å². The summed E-state index contributed by atoms with van der Waals surface area (Å²) in [6, 6.07) is 10.1. The van der Waals surface area contributed by atoms with Crippen LogP contribution in [-0.4, -0.2) is 5.91 Å². The molecule has 1 aromatic carbocycles. The largest absolute Gasteiger partial charge is 0.352 e. The number of hydrogen-bond acceptors (Lipinski definition) is 1. The molecule has 0 bridgehead atoms. The van der Waals surface area contributed by atoms with Crippen LogP contribution in [0.15, 0.2) is 30.3 Å². The van der Waals surface area contributed by atoms with Gasteiger partial charge in [-0.15, -0.1) is 0 Å². The Labute approximate surface area is 104 Å². The summed E-state index contributed by atoms with van der Waals surface area (Å²) in [5.41, 5.74) is 1.16. The van der Waals surface area contributed by atoms with Crippen LogP contribution in [-0.2, 0) is 11.3 Å². The van der Waals surface area contributed by atoms with Crippen molar-refractivity contribution < 1.29 is 4.79 Å². The first-order chi connectivity index (χ1) is 8.27. The first kappa shape index (κ1) is 13.8. The van der Waals surface area contributed by atoms with Gasteiger partial charge in [-0.1, -0.05) is 57.0 Å². The van der Waals surface area contributed by atoms with E-state index in [2.05, 4.69) is 19.2 Å². The molecule has 0 aliphatic rings. The van der Waals surface area contributed by atoms with Crippen LogP contribution in [0.25, 0.3) is 0 Å². The van der Waals surface area contributed by atoms with E-state index in [9.17, 15) is 4.79 Å². The number of carbonyl (C=O) groups is 1. The van der Waals surface area contributed by atoms with Crippen LogP contribution >= 0.6 is 0 Å². The average Bonchev–Trinajstić information content (AvgIpc) is 2.37. The van der Waals surface area contributed by atoms with E-state index >= 15 is 0 Å². The van der Waals surface area contributed by atoms with E-state index < -0.39 is 0 Å². The topological polar surface area (TPSA) is 29.1 Å². The van der Waals surface area contributed by atoms with Crippen molar-refractivity contribution in [3.8, 4) is 0 Å². The molecule has 17 heavy (non-hydrogen) atoms. The lowest BCUT2D eigenvalue weighted by Gasteiger charge is -2.15. The molecule has 1 N–H and O–H groups in total. The third kappa shape index (κ3) is 5.03. The highest BCUT2D eigenvalue weighted by molar-refractivity contribution is 5.78. The lowest BCUT2D eigenvalue weighted by molar-refractivity contribution is -0.125. The van der Waals surface area contributed by atoms with Gasteiger partial charge in [0.25, 0.3) is 0 Å². The van der Waals surface area contributed by atoms with Gasteiger partial charge in [-0.3, -0.25) is 4.79 Å². The lowest BCUT2D eigenvalue weighted by atomic mass is 9.97. The molecule has 0 atom stereocenters. The molecule has 0 unspecified atom stereocenters. The van der Waals surface area contributed by atoms with E-state index in [0.29, 0.717) is 6.54 Å². The molecule has 2 nitrogen and oxygen atoms in total. The first-order valence-electron chi connectivity index (χ1n) is 6.59. The fourth-order valence-corrected chi connectivity index (χ4v) is 2.03. The summed E-state index contributed by atoms with van der Waals surface area (Å²) in [7, 11) is 0. The Morgan fingerprint density at radius 3 is 2.24 bits per heavy atom. The molecular formula is C15H23NO. The van der Waals surface area contributed by atoms with Gasteiger partial charge < -0.3 is 5.32 Å². The van der Waals surface area contributed by atoms with Gasteiger partial charge in [-0.25, -0.2) is 0 Å². The molecule has 0 aromatic heterocycles. The smallest absolute Gasteiger partial charge is 0.223 e. The maximum absolute atomic E-state index is 12.0. The zero-order chi connectivity index (χ0) is 12.5. The predicted octanol–water partition coefficient (Wildman–Crippen LogP) is 3.52. The predicted molar refractivity (Wildman–Crippen MR) is 71.6 cm³/mol. The van der Waals surface area contributed by atoms with Crippen molar-refractivity contribution in [1.29, 1.82) is 0 Å². The fraction of sp³-hybridized carbons (Fsp3) is 0.533. The molecule has 94 valence electrons. The molecule has 0 saturated heterocycles. The van der Waals surface area contributed by atoms with E-state index in [0.717, 1.165) is 31.2 Å². The Morgan fingerprint density at radius 2 is 1.71 bits per heavy atom. The quantitative estimate of drug-likeness (QED) is 0.767. The van der Waals surface area contributed by atoms with Gasteiger partial charge in [-0.05, 0) is 18.4 Å².